The van der Waals surface area contributed by atoms with Crippen LogP contribution in [0.5, 0.6) is 11.5 Å². The average molecular weight is 574 g/mol. The Labute approximate surface area is 235 Å². The zero-order valence-electron chi connectivity index (χ0n) is 23.2. The Morgan fingerprint density at radius 1 is 0.927 bits per heavy atom. The van der Waals surface area contributed by atoms with Crippen LogP contribution in [0.2, 0.25) is 0 Å². The van der Waals surface area contributed by atoms with Crippen molar-refractivity contribution in [1.82, 2.24) is 5.32 Å². The lowest BCUT2D eigenvalue weighted by Crippen LogP contribution is -2.63. The molecule has 4 rings (SSSR count). The van der Waals surface area contributed by atoms with Crippen LogP contribution in [0, 0.1) is 0 Å². The van der Waals surface area contributed by atoms with Crippen LogP contribution in [0.3, 0.4) is 0 Å². The van der Waals surface area contributed by atoms with E-state index in [0.29, 0.717) is 22.8 Å². The number of carbonyl (C=O) groups excluding carboxylic acids is 5. The fourth-order valence-electron chi connectivity index (χ4n) is 4.68. The molecule has 13 nitrogen and oxygen atoms in total. The summed E-state index contributed by atoms with van der Waals surface area (Å²) in [6.45, 7) is 6.12. The Balaban J connectivity index is 1.67. The Morgan fingerprint density at radius 3 is 2.24 bits per heavy atom. The monoisotopic (exact) mass is 573 g/mol. The first-order chi connectivity index (χ1) is 19.4. The molecule has 1 aliphatic carbocycles. The summed E-state index contributed by atoms with van der Waals surface area (Å²) in [7, 11) is 0. The summed E-state index contributed by atoms with van der Waals surface area (Å²) in [6.07, 6.45) is -3.12. The molecule has 1 saturated heterocycles. The number of nitrogens with one attached hydrogen (secondary N) is 1. The molecule has 0 amide bonds. The first-order valence-corrected chi connectivity index (χ1v) is 12.9. The van der Waals surface area contributed by atoms with Gasteiger partial charge in [0.15, 0.2) is 18.0 Å². The number of fused-ring (bicyclic) bond motifs is 2. The number of ketones is 1. The molecular formula is C28H31NO12. The molecule has 1 aromatic carbocycles. The zero-order valence-corrected chi connectivity index (χ0v) is 23.2. The summed E-state index contributed by atoms with van der Waals surface area (Å²) in [5.41, 5.74) is 1.25. The molecular weight excluding hydrogens is 542 g/mol. The lowest BCUT2D eigenvalue weighted by molar-refractivity contribution is -0.288. The number of carbonyl (C=O) groups is 5. The van der Waals surface area contributed by atoms with Crippen molar-refractivity contribution in [2.24, 2.45) is 0 Å². The van der Waals surface area contributed by atoms with Crippen molar-refractivity contribution in [2.45, 2.75) is 77.8 Å². The SMILES string of the molecule is CC(=O)OC[C@H]1O[C@@H](Oc2ccc3c(c2)C(C)NC2=CC(=O)CC=C2O3)[C@H](OC(C)=O)[C@@H](OC(C)=O)[C@H]1OC(C)=O. The van der Waals surface area contributed by atoms with Crippen molar-refractivity contribution in [1.29, 1.82) is 0 Å². The molecule has 1 fully saturated rings. The van der Waals surface area contributed by atoms with Gasteiger partial charge < -0.3 is 38.5 Å². The second-order valence-electron chi connectivity index (χ2n) is 9.65. The van der Waals surface area contributed by atoms with Crippen LogP contribution in [0.15, 0.2) is 41.8 Å². The molecule has 1 aromatic rings. The molecule has 6 atom stereocenters. The first kappa shape index (κ1) is 29.6. The van der Waals surface area contributed by atoms with Gasteiger partial charge >= 0.3 is 23.9 Å². The zero-order chi connectivity index (χ0) is 29.8. The van der Waals surface area contributed by atoms with E-state index in [1.807, 2.05) is 6.92 Å². The van der Waals surface area contributed by atoms with Crippen LogP contribution in [-0.2, 0) is 47.7 Å². The van der Waals surface area contributed by atoms with E-state index in [-0.39, 0.29) is 30.6 Å². The van der Waals surface area contributed by atoms with Gasteiger partial charge in [-0.3, -0.25) is 24.0 Å². The van der Waals surface area contributed by atoms with Gasteiger partial charge in [-0.25, -0.2) is 0 Å². The first-order valence-electron chi connectivity index (χ1n) is 12.9. The Bertz CT molecular complexity index is 1300. The number of hydrogen-bond acceptors (Lipinski definition) is 13. The molecule has 0 bridgehead atoms. The molecule has 1 N–H and O–H groups in total. The van der Waals surface area contributed by atoms with Crippen molar-refractivity contribution in [3.63, 3.8) is 0 Å². The third-order valence-corrected chi connectivity index (χ3v) is 6.30. The maximum atomic E-state index is 12.1. The fraction of sp³-hybridized carbons (Fsp3) is 0.464. The van der Waals surface area contributed by atoms with Crippen molar-refractivity contribution < 1.29 is 57.1 Å². The van der Waals surface area contributed by atoms with Crippen molar-refractivity contribution in [3.8, 4) is 11.5 Å². The van der Waals surface area contributed by atoms with E-state index in [2.05, 4.69) is 5.32 Å². The van der Waals surface area contributed by atoms with E-state index >= 15 is 0 Å². The fourth-order valence-corrected chi connectivity index (χ4v) is 4.68. The van der Waals surface area contributed by atoms with Crippen LogP contribution < -0.4 is 14.8 Å². The topological polar surface area (TPSA) is 162 Å². The van der Waals surface area contributed by atoms with Gasteiger partial charge in [-0.2, -0.15) is 0 Å². The smallest absolute Gasteiger partial charge is 0.303 e. The summed E-state index contributed by atoms with van der Waals surface area (Å²) < 4.78 is 39.6. The summed E-state index contributed by atoms with van der Waals surface area (Å²) >= 11 is 0. The molecule has 41 heavy (non-hydrogen) atoms. The van der Waals surface area contributed by atoms with E-state index in [1.54, 1.807) is 24.3 Å². The molecule has 220 valence electrons. The third kappa shape index (κ3) is 7.23. The van der Waals surface area contributed by atoms with E-state index < -0.39 is 54.6 Å². The Morgan fingerprint density at radius 2 is 1.59 bits per heavy atom. The van der Waals surface area contributed by atoms with Gasteiger partial charge in [-0.1, -0.05) is 0 Å². The molecule has 0 radical (unpaired) electrons. The highest BCUT2D eigenvalue weighted by Gasteiger charge is 2.53. The number of esters is 4. The molecule has 2 aliphatic heterocycles. The number of rotatable bonds is 7. The minimum Gasteiger partial charge on any atom is -0.463 e. The quantitative estimate of drug-likeness (QED) is 0.372. The standard InChI is InChI=1S/C28H31NO12/c1-13-20-11-19(7-9-22(20)40-23-8-6-18(34)10-21(23)29-13)39-28-27(38-17(5)33)26(37-16(4)32)25(36-15(3)31)24(41-28)12-35-14(2)30/h7-11,13,24-29H,6,12H2,1-5H3/t13?,24-,25+,26+,27-,28-/m1/s1. The van der Waals surface area contributed by atoms with Gasteiger partial charge in [-0.05, 0) is 31.2 Å². The number of benzene rings is 1. The second kappa shape index (κ2) is 12.4. The lowest BCUT2D eigenvalue weighted by Gasteiger charge is -2.43. The Kier molecular flexibility index (Phi) is 8.96. The highest BCUT2D eigenvalue weighted by atomic mass is 16.7. The minimum absolute atomic E-state index is 0.0503. The normalized spacial score (nSPS) is 26.7. The molecule has 0 spiro atoms. The van der Waals surface area contributed by atoms with Crippen LogP contribution in [-0.4, -0.2) is 67.0 Å². The summed E-state index contributed by atoms with van der Waals surface area (Å²) in [6, 6.07) is 4.66. The molecule has 1 unspecified atom stereocenters. The van der Waals surface area contributed by atoms with Gasteiger partial charge in [0.2, 0.25) is 12.4 Å². The van der Waals surface area contributed by atoms with Gasteiger partial charge in [0.1, 0.15) is 30.0 Å². The maximum absolute atomic E-state index is 12.1. The van der Waals surface area contributed by atoms with E-state index in [1.165, 1.54) is 13.0 Å². The van der Waals surface area contributed by atoms with Crippen LogP contribution in [0.4, 0.5) is 0 Å². The minimum atomic E-state index is -1.38. The number of hydrogen-bond donors (Lipinski definition) is 1. The molecule has 0 saturated carbocycles. The average Bonchev–Trinajstić information content (AvgIpc) is 3.01. The van der Waals surface area contributed by atoms with E-state index in [4.69, 9.17) is 33.2 Å². The maximum Gasteiger partial charge on any atom is 0.303 e. The van der Waals surface area contributed by atoms with Crippen LogP contribution in [0.25, 0.3) is 0 Å². The summed E-state index contributed by atoms with van der Waals surface area (Å²) in [5, 5.41) is 3.26. The van der Waals surface area contributed by atoms with Gasteiger partial charge in [0.25, 0.3) is 0 Å². The number of allylic oxidation sites excluding steroid dienone is 2. The summed E-state index contributed by atoms with van der Waals surface area (Å²) in [5.74, 6) is -1.57. The highest BCUT2D eigenvalue weighted by molar-refractivity contribution is 5.93. The summed E-state index contributed by atoms with van der Waals surface area (Å²) in [4.78, 5) is 59.5. The Hall–Kier alpha value is -4.39. The van der Waals surface area contributed by atoms with E-state index in [9.17, 15) is 24.0 Å². The molecule has 13 heteroatoms. The van der Waals surface area contributed by atoms with Gasteiger partial charge in [0.05, 0.1) is 11.7 Å². The van der Waals surface area contributed by atoms with E-state index in [0.717, 1.165) is 20.8 Å². The predicted octanol–water partition coefficient (Wildman–Crippen LogP) is 1.93. The highest BCUT2D eigenvalue weighted by Crippen LogP contribution is 2.37. The van der Waals surface area contributed by atoms with Gasteiger partial charge in [-0.15, -0.1) is 0 Å². The number of ether oxygens (including phenoxy) is 7. The lowest BCUT2D eigenvalue weighted by atomic mass is 9.98. The van der Waals surface area contributed by atoms with Crippen molar-refractivity contribution in [2.75, 3.05) is 6.61 Å². The van der Waals surface area contributed by atoms with Crippen molar-refractivity contribution >= 4 is 29.7 Å². The van der Waals surface area contributed by atoms with Crippen LogP contribution in [0.1, 0.15) is 52.6 Å². The largest absolute Gasteiger partial charge is 0.463 e. The van der Waals surface area contributed by atoms with Crippen LogP contribution >= 0.6 is 0 Å². The third-order valence-electron chi connectivity index (χ3n) is 6.30. The van der Waals surface area contributed by atoms with Crippen molar-refractivity contribution in [3.05, 3.63) is 47.4 Å². The predicted molar refractivity (Wildman–Crippen MR) is 137 cm³/mol. The molecule has 2 heterocycles. The molecule has 3 aliphatic rings. The second-order valence-corrected chi connectivity index (χ2v) is 9.65. The molecule has 0 aromatic heterocycles. The van der Waals surface area contributed by atoms with Gasteiger partial charge in [0, 0.05) is 45.8 Å².